The third-order valence-electron chi connectivity index (χ3n) is 5.77. The van der Waals surface area contributed by atoms with Gasteiger partial charge in [0, 0.05) is 31.4 Å². The van der Waals surface area contributed by atoms with Crippen LogP contribution in [-0.4, -0.2) is 45.3 Å². The Balaban J connectivity index is 1.33. The van der Waals surface area contributed by atoms with Crippen LogP contribution >= 0.6 is 0 Å². The molecule has 0 bridgehead atoms. The third kappa shape index (κ3) is 5.29. The monoisotopic (exact) mass is 418 g/mol. The molecule has 31 heavy (non-hydrogen) atoms. The average Bonchev–Trinajstić information content (AvgIpc) is 3.15. The zero-order chi connectivity index (χ0) is 21.6. The quantitative estimate of drug-likeness (QED) is 0.596. The van der Waals surface area contributed by atoms with Crippen molar-refractivity contribution >= 4 is 11.7 Å². The number of rotatable bonds is 7. The first-order valence-electron chi connectivity index (χ1n) is 11.0. The highest BCUT2D eigenvalue weighted by molar-refractivity contribution is 5.79. The maximum atomic E-state index is 12.7. The van der Waals surface area contributed by atoms with Crippen molar-refractivity contribution in [1.29, 1.82) is 0 Å². The summed E-state index contributed by atoms with van der Waals surface area (Å²) in [5, 5.41) is 7.65. The van der Waals surface area contributed by atoms with Crippen molar-refractivity contribution < 1.29 is 4.79 Å². The average molecular weight is 419 g/mol. The number of benzene rings is 1. The van der Waals surface area contributed by atoms with E-state index in [1.54, 1.807) is 6.33 Å². The smallest absolute Gasteiger partial charge is 0.224 e. The van der Waals surface area contributed by atoms with Gasteiger partial charge in [-0.05, 0) is 51.2 Å². The Morgan fingerprint density at radius 3 is 2.71 bits per heavy atom. The number of hydrogen-bond acceptors (Lipinski definition) is 5. The van der Waals surface area contributed by atoms with E-state index in [9.17, 15) is 4.79 Å². The Hall–Kier alpha value is -3.22. The number of carbonyl (C=O) groups is 1. The summed E-state index contributed by atoms with van der Waals surface area (Å²) >= 11 is 0. The molecule has 1 unspecified atom stereocenters. The minimum atomic E-state index is -0.0161. The Kier molecular flexibility index (Phi) is 6.60. The second kappa shape index (κ2) is 9.73. The number of piperidine rings is 1. The van der Waals surface area contributed by atoms with Gasteiger partial charge in [-0.25, -0.2) is 14.6 Å². The molecule has 0 saturated carbocycles. The first kappa shape index (κ1) is 21.0. The van der Waals surface area contributed by atoms with Crippen LogP contribution in [0.5, 0.6) is 0 Å². The van der Waals surface area contributed by atoms with Gasteiger partial charge in [0.1, 0.15) is 12.1 Å². The normalized spacial score (nSPS) is 16.3. The lowest BCUT2D eigenvalue weighted by Gasteiger charge is -2.33. The van der Waals surface area contributed by atoms with Crippen molar-refractivity contribution in [2.75, 3.05) is 24.5 Å². The summed E-state index contributed by atoms with van der Waals surface area (Å²) in [7, 11) is 0. The van der Waals surface area contributed by atoms with Crippen molar-refractivity contribution in [3.63, 3.8) is 0 Å². The number of aromatic nitrogens is 4. The molecular weight excluding hydrogens is 388 g/mol. The highest BCUT2D eigenvalue weighted by atomic mass is 16.1. The van der Waals surface area contributed by atoms with E-state index in [0.717, 1.165) is 55.3 Å². The molecule has 0 radical (unpaired) electrons. The summed E-state index contributed by atoms with van der Waals surface area (Å²) in [4.78, 5) is 23.8. The molecule has 2 aromatic heterocycles. The van der Waals surface area contributed by atoms with Gasteiger partial charge >= 0.3 is 0 Å². The van der Waals surface area contributed by atoms with Crippen LogP contribution in [0.3, 0.4) is 0 Å². The number of hydrogen-bond donors (Lipinski definition) is 1. The van der Waals surface area contributed by atoms with Crippen molar-refractivity contribution in [2.24, 2.45) is 5.92 Å². The fraction of sp³-hybridized carbons (Fsp3) is 0.417. The van der Waals surface area contributed by atoms with Gasteiger partial charge < -0.3 is 10.2 Å². The molecule has 1 fully saturated rings. The first-order valence-corrected chi connectivity index (χ1v) is 11.0. The summed E-state index contributed by atoms with van der Waals surface area (Å²) in [6.07, 6.45) is 5.39. The van der Waals surface area contributed by atoms with Crippen LogP contribution in [0, 0.1) is 19.8 Å². The second-order valence-corrected chi connectivity index (χ2v) is 8.24. The van der Waals surface area contributed by atoms with Crippen molar-refractivity contribution in [1.82, 2.24) is 25.1 Å². The van der Waals surface area contributed by atoms with Crippen LogP contribution in [0.1, 0.15) is 36.2 Å². The summed E-state index contributed by atoms with van der Waals surface area (Å²) in [6, 6.07) is 14.4. The first-order chi connectivity index (χ1) is 15.1. The fourth-order valence-electron chi connectivity index (χ4n) is 4.18. The maximum absolute atomic E-state index is 12.7. The third-order valence-corrected chi connectivity index (χ3v) is 5.77. The van der Waals surface area contributed by atoms with Gasteiger partial charge in [-0.2, -0.15) is 5.10 Å². The molecule has 1 N–H and O–H groups in total. The van der Waals surface area contributed by atoms with Crippen LogP contribution < -0.4 is 10.2 Å². The van der Waals surface area contributed by atoms with Crippen molar-refractivity contribution in [3.05, 3.63) is 65.7 Å². The van der Waals surface area contributed by atoms with Crippen molar-refractivity contribution in [2.45, 2.75) is 39.5 Å². The van der Waals surface area contributed by atoms with Gasteiger partial charge in [-0.15, -0.1) is 0 Å². The fourth-order valence-corrected chi connectivity index (χ4v) is 4.18. The number of carbonyl (C=O) groups excluding carboxylic acids is 1. The minimum Gasteiger partial charge on any atom is -0.356 e. The van der Waals surface area contributed by atoms with E-state index in [0.29, 0.717) is 13.1 Å². The molecule has 3 heterocycles. The molecule has 0 aliphatic carbocycles. The molecule has 1 aliphatic rings. The Bertz CT molecular complexity index is 1020. The van der Waals surface area contributed by atoms with E-state index in [-0.39, 0.29) is 11.8 Å². The van der Waals surface area contributed by atoms with Crippen LogP contribution in [-0.2, 0) is 11.2 Å². The molecular formula is C24H30N6O. The Labute approximate surface area is 183 Å². The Morgan fingerprint density at radius 1 is 1.13 bits per heavy atom. The standard InChI is InChI=1S/C24H30N6O/c1-18-14-19(2)30(28-18)23-15-22(26-17-27-23)29-13-7-11-21(16-29)24(31)25-12-6-10-20-8-4-3-5-9-20/h3-5,8-9,14-15,17,21H,6-7,10-13,16H2,1-2H3,(H,25,31). The van der Waals surface area contributed by atoms with Gasteiger partial charge in [0.2, 0.25) is 5.91 Å². The lowest BCUT2D eigenvalue weighted by molar-refractivity contribution is -0.125. The van der Waals surface area contributed by atoms with Gasteiger partial charge in [-0.3, -0.25) is 4.79 Å². The lowest BCUT2D eigenvalue weighted by atomic mass is 9.97. The van der Waals surface area contributed by atoms with E-state index in [4.69, 9.17) is 0 Å². The maximum Gasteiger partial charge on any atom is 0.224 e. The highest BCUT2D eigenvalue weighted by Crippen LogP contribution is 2.23. The second-order valence-electron chi connectivity index (χ2n) is 8.24. The molecule has 162 valence electrons. The molecule has 1 atom stereocenters. The molecule has 1 saturated heterocycles. The molecule has 0 spiro atoms. The van der Waals surface area contributed by atoms with E-state index < -0.39 is 0 Å². The minimum absolute atomic E-state index is 0.0161. The van der Waals surface area contributed by atoms with Crippen LogP contribution in [0.15, 0.2) is 48.8 Å². The Morgan fingerprint density at radius 2 is 1.94 bits per heavy atom. The van der Waals surface area contributed by atoms with Gasteiger partial charge in [0.25, 0.3) is 0 Å². The number of nitrogens with zero attached hydrogens (tertiary/aromatic N) is 5. The van der Waals surface area contributed by atoms with Gasteiger partial charge in [0.05, 0.1) is 11.6 Å². The van der Waals surface area contributed by atoms with Crippen LogP contribution in [0.25, 0.3) is 5.82 Å². The number of nitrogens with one attached hydrogen (secondary N) is 1. The molecule has 7 heteroatoms. The molecule has 1 aromatic carbocycles. The molecule has 7 nitrogen and oxygen atoms in total. The van der Waals surface area contributed by atoms with E-state index >= 15 is 0 Å². The van der Waals surface area contributed by atoms with Crippen LogP contribution in [0.2, 0.25) is 0 Å². The van der Waals surface area contributed by atoms with E-state index in [1.165, 1.54) is 5.56 Å². The highest BCUT2D eigenvalue weighted by Gasteiger charge is 2.26. The van der Waals surface area contributed by atoms with Gasteiger partial charge in [0.15, 0.2) is 5.82 Å². The summed E-state index contributed by atoms with van der Waals surface area (Å²) in [5.74, 6) is 1.73. The summed E-state index contributed by atoms with van der Waals surface area (Å²) in [6.45, 7) is 6.27. The zero-order valence-corrected chi connectivity index (χ0v) is 18.3. The largest absolute Gasteiger partial charge is 0.356 e. The van der Waals surface area contributed by atoms with E-state index in [1.807, 2.05) is 36.7 Å². The van der Waals surface area contributed by atoms with Gasteiger partial charge in [-0.1, -0.05) is 30.3 Å². The molecule has 4 rings (SSSR count). The predicted molar refractivity (Wildman–Crippen MR) is 121 cm³/mol. The zero-order valence-electron chi connectivity index (χ0n) is 18.3. The summed E-state index contributed by atoms with van der Waals surface area (Å²) < 4.78 is 1.83. The lowest BCUT2D eigenvalue weighted by Crippen LogP contribution is -2.43. The molecule has 1 amide bonds. The van der Waals surface area contributed by atoms with Crippen LogP contribution in [0.4, 0.5) is 5.82 Å². The number of anilines is 1. The SMILES string of the molecule is Cc1cc(C)n(-c2cc(N3CCCC(C(=O)NCCCc4ccccc4)C3)ncn2)n1. The number of amides is 1. The van der Waals surface area contributed by atoms with E-state index in [2.05, 4.69) is 49.5 Å². The molecule has 3 aromatic rings. The predicted octanol–water partition coefficient (Wildman–Crippen LogP) is 3.24. The molecule has 1 aliphatic heterocycles. The van der Waals surface area contributed by atoms with Crippen molar-refractivity contribution in [3.8, 4) is 5.82 Å². The topological polar surface area (TPSA) is 75.9 Å². The number of aryl methyl sites for hydroxylation is 3. The summed E-state index contributed by atoms with van der Waals surface area (Å²) in [5.41, 5.74) is 3.30.